The summed E-state index contributed by atoms with van der Waals surface area (Å²) in [5.74, 6) is -1.23. The number of aliphatic hydroxyl groups is 1. The first-order chi connectivity index (χ1) is 19.0. The molecule has 0 aromatic heterocycles. The molecule has 2 aromatic rings. The van der Waals surface area contributed by atoms with Crippen LogP contribution in [0.4, 0.5) is 13.2 Å². The summed E-state index contributed by atoms with van der Waals surface area (Å²) in [6, 6.07) is 13.0. The molecule has 1 aliphatic carbocycles. The Morgan fingerprint density at radius 3 is 2.48 bits per heavy atom. The smallest absolute Gasteiger partial charge is 0.385 e. The van der Waals surface area contributed by atoms with Crippen molar-refractivity contribution in [1.82, 2.24) is 15.5 Å². The largest absolute Gasteiger partial charge is 0.416 e. The van der Waals surface area contributed by atoms with Gasteiger partial charge >= 0.3 is 6.18 Å². The Morgan fingerprint density at radius 2 is 1.85 bits per heavy atom. The number of alkyl halides is 3. The van der Waals surface area contributed by atoms with Gasteiger partial charge in [-0.1, -0.05) is 18.2 Å². The molecule has 3 N–H and O–H groups in total. The summed E-state index contributed by atoms with van der Waals surface area (Å²) < 4.78 is 44.7. The van der Waals surface area contributed by atoms with E-state index < -0.39 is 29.2 Å². The van der Waals surface area contributed by atoms with Crippen LogP contribution in [0, 0.1) is 11.3 Å². The first kappa shape index (κ1) is 29.5. The number of hydrogen-bond acceptors (Lipinski definition) is 6. The van der Waals surface area contributed by atoms with E-state index in [-0.39, 0.29) is 30.3 Å². The maximum Gasteiger partial charge on any atom is 0.416 e. The van der Waals surface area contributed by atoms with E-state index in [4.69, 9.17) is 10.00 Å². The van der Waals surface area contributed by atoms with Crippen LogP contribution < -0.4 is 10.6 Å². The Labute approximate surface area is 231 Å². The van der Waals surface area contributed by atoms with Crippen molar-refractivity contribution in [2.45, 2.75) is 62.6 Å². The summed E-state index contributed by atoms with van der Waals surface area (Å²) in [5, 5.41) is 25.6. The second kappa shape index (κ2) is 12.4. The van der Waals surface area contributed by atoms with Gasteiger partial charge in [0.25, 0.3) is 5.91 Å². The van der Waals surface area contributed by atoms with Gasteiger partial charge in [-0.25, -0.2) is 0 Å². The number of ether oxygens (including phenoxy) is 1. The van der Waals surface area contributed by atoms with Crippen LogP contribution in [0.5, 0.6) is 0 Å². The molecule has 1 heterocycles. The third-order valence-corrected chi connectivity index (χ3v) is 7.73. The van der Waals surface area contributed by atoms with Gasteiger partial charge in [0, 0.05) is 31.3 Å². The van der Waals surface area contributed by atoms with Crippen LogP contribution in [0.25, 0.3) is 0 Å². The number of nitriles is 1. The Balaban J connectivity index is 1.30. The second-order valence-electron chi connectivity index (χ2n) is 10.3. The number of nitrogens with zero attached hydrogens (tertiary/aromatic N) is 2. The fraction of sp³-hybridized carbons (Fsp3) is 0.483. The molecule has 214 valence electrons. The molecule has 2 aliphatic rings. The molecule has 2 aromatic carbocycles. The number of likely N-dealkylation sites (tertiary alicyclic amines) is 1. The highest BCUT2D eigenvalue weighted by Gasteiger charge is 2.42. The fourth-order valence-corrected chi connectivity index (χ4v) is 5.57. The SMILES string of the molecule is CCOC1CN(C2CCC(O)(c3ccc(C#N)cc3)CC2)C[C@@H]1NC(=O)CNC(=O)c1cccc(C(F)(F)F)c1. The monoisotopic (exact) mass is 558 g/mol. The minimum Gasteiger partial charge on any atom is -0.385 e. The Bertz CT molecular complexity index is 1240. The van der Waals surface area contributed by atoms with Crippen molar-refractivity contribution in [1.29, 1.82) is 5.26 Å². The van der Waals surface area contributed by atoms with Gasteiger partial charge in [0.15, 0.2) is 0 Å². The van der Waals surface area contributed by atoms with E-state index in [1.807, 2.05) is 6.92 Å². The number of rotatable bonds is 8. The molecule has 2 atom stereocenters. The molecule has 2 amide bonds. The molecule has 8 nitrogen and oxygen atoms in total. The van der Waals surface area contributed by atoms with Crippen molar-refractivity contribution in [3.63, 3.8) is 0 Å². The van der Waals surface area contributed by atoms with E-state index in [0.29, 0.717) is 38.1 Å². The van der Waals surface area contributed by atoms with E-state index in [2.05, 4.69) is 21.6 Å². The molecule has 1 saturated heterocycles. The normalized spacial score (nSPS) is 25.2. The minimum atomic E-state index is -4.57. The average molecular weight is 559 g/mol. The molecule has 2 fully saturated rings. The summed E-state index contributed by atoms with van der Waals surface area (Å²) in [4.78, 5) is 27.3. The van der Waals surface area contributed by atoms with E-state index in [0.717, 1.165) is 36.6 Å². The predicted octanol–water partition coefficient (Wildman–Crippen LogP) is 3.34. The van der Waals surface area contributed by atoms with Crippen molar-refractivity contribution in [2.24, 2.45) is 0 Å². The van der Waals surface area contributed by atoms with Crippen LogP contribution in [0.3, 0.4) is 0 Å². The van der Waals surface area contributed by atoms with Crippen LogP contribution in [0.2, 0.25) is 0 Å². The maximum absolute atomic E-state index is 12.9. The van der Waals surface area contributed by atoms with Crippen LogP contribution in [0.15, 0.2) is 48.5 Å². The highest BCUT2D eigenvalue weighted by molar-refractivity contribution is 5.96. The van der Waals surface area contributed by atoms with Crippen molar-refractivity contribution in [3.05, 3.63) is 70.8 Å². The zero-order valence-corrected chi connectivity index (χ0v) is 22.2. The second-order valence-corrected chi connectivity index (χ2v) is 10.3. The number of carbonyl (C=O) groups is 2. The van der Waals surface area contributed by atoms with Crippen LogP contribution in [0.1, 0.15) is 59.7 Å². The average Bonchev–Trinajstić information content (AvgIpc) is 3.33. The molecular formula is C29H33F3N4O4. The molecule has 4 rings (SSSR count). The number of amides is 2. The van der Waals surface area contributed by atoms with Crippen molar-refractivity contribution >= 4 is 11.8 Å². The van der Waals surface area contributed by atoms with E-state index in [1.165, 1.54) is 6.07 Å². The lowest BCUT2D eigenvalue weighted by Crippen LogP contribution is -2.48. The van der Waals surface area contributed by atoms with E-state index >= 15 is 0 Å². The quantitative estimate of drug-likeness (QED) is 0.458. The van der Waals surface area contributed by atoms with Crippen LogP contribution in [-0.4, -0.2) is 66.2 Å². The lowest BCUT2D eigenvalue weighted by Gasteiger charge is -2.40. The summed E-state index contributed by atoms with van der Waals surface area (Å²) in [5.41, 5.74) is -0.720. The molecule has 0 spiro atoms. The highest BCUT2D eigenvalue weighted by Crippen LogP contribution is 2.39. The Hall–Kier alpha value is -3.46. The zero-order chi connectivity index (χ0) is 28.9. The number of nitrogens with one attached hydrogen (secondary N) is 2. The van der Waals surface area contributed by atoms with Gasteiger partial charge in [-0.15, -0.1) is 0 Å². The van der Waals surface area contributed by atoms with Crippen LogP contribution >= 0.6 is 0 Å². The van der Waals surface area contributed by atoms with Crippen molar-refractivity contribution in [2.75, 3.05) is 26.2 Å². The van der Waals surface area contributed by atoms with Gasteiger partial charge in [0.1, 0.15) is 0 Å². The zero-order valence-electron chi connectivity index (χ0n) is 22.2. The summed E-state index contributed by atoms with van der Waals surface area (Å²) in [6.07, 6.45) is -2.19. The molecule has 40 heavy (non-hydrogen) atoms. The van der Waals surface area contributed by atoms with Gasteiger partial charge in [-0.2, -0.15) is 18.4 Å². The predicted molar refractivity (Wildman–Crippen MR) is 140 cm³/mol. The van der Waals surface area contributed by atoms with Gasteiger partial charge in [-0.05, 0) is 68.5 Å². The first-order valence-electron chi connectivity index (χ1n) is 13.4. The van der Waals surface area contributed by atoms with E-state index in [1.54, 1.807) is 24.3 Å². The standard InChI is InChI=1S/C29H33F3N4O4/c1-2-40-25-18-36(23-10-12-28(39,13-11-23)21-8-6-19(15-33)7-9-21)17-24(25)35-26(37)16-34-27(38)20-4-3-5-22(14-20)29(30,31)32/h3-9,14,23-25,39H,2,10-13,16-18H2,1H3,(H,34,38)(H,35,37)/t23?,24-,25?,28?/m0/s1. The highest BCUT2D eigenvalue weighted by atomic mass is 19.4. The van der Waals surface area contributed by atoms with Gasteiger partial charge in [0.05, 0.1) is 41.5 Å². The minimum absolute atomic E-state index is 0.180. The van der Waals surface area contributed by atoms with Crippen molar-refractivity contribution < 1.29 is 32.6 Å². The molecule has 0 bridgehead atoms. The van der Waals surface area contributed by atoms with Gasteiger partial charge in [0.2, 0.25) is 5.91 Å². The summed E-state index contributed by atoms with van der Waals surface area (Å²) >= 11 is 0. The third kappa shape index (κ3) is 6.99. The summed E-state index contributed by atoms with van der Waals surface area (Å²) in [6.45, 7) is 3.09. The lowest BCUT2D eigenvalue weighted by molar-refractivity contribution is -0.137. The third-order valence-electron chi connectivity index (χ3n) is 7.73. The van der Waals surface area contributed by atoms with Gasteiger partial charge < -0.3 is 20.5 Å². The summed E-state index contributed by atoms with van der Waals surface area (Å²) in [7, 11) is 0. The number of carbonyl (C=O) groups excluding carboxylic acids is 2. The van der Waals surface area contributed by atoms with Crippen LogP contribution in [-0.2, 0) is 21.3 Å². The van der Waals surface area contributed by atoms with Crippen molar-refractivity contribution in [3.8, 4) is 6.07 Å². The molecule has 1 saturated carbocycles. The number of hydrogen-bond donors (Lipinski definition) is 3. The van der Waals surface area contributed by atoms with Gasteiger partial charge in [-0.3, -0.25) is 14.5 Å². The maximum atomic E-state index is 12.9. The molecule has 1 aliphatic heterocycles. The fourth-order valence-electron chi connectivity index (χ4n) is 5.57. The topological polar surface area (TPSA) is 115 Å². The number of halogens is 3. The molecule has 11 heteroatoms. The van der Waals surface area contributed by atoms with E-state index in [9.17, 15) is 27.9 Å². The Kier molecular flexibility index (Phi) is 9.13. The molecular weight excluding hydrogens is 525 g/mol. The molecule has 1 unspecified atom stereocenters. The molecule has 0 radical (unpaired) electrons. The Morgan fingerprint density at radius 1 is 1.15 bits per heavy atom. The lowest BCUT2D eigenvalue weighted by atomic mass is 9.77. The first-order valence-corrected chi connectivity index (χ1v) is 13.4. The number of benzene rings is 2.